The van der Waals surface area contributed by atoms with E-state index in [0.717, 1.165) is 27.4 Å². The molecule has 0 spiro atoms. The van der Waals surface area contributed by atoms with Crippen LogP contribution in [0.3, 0.4) is 0 Å². The van der Waals surface area contributed by atoms with Gasteiger partial charge in [0.1, 0.15) is 18.5 Å². The second-order valence-electron chi connectivity index (χ2n) is 12.6. The second-order valence-corrected chi connectivity index (χ2v) is 12.6. The van der Waals surface area contributed by atoms with Crippen LogP contribution in [0.15, 0.2) is 55.1 Å². The van der Waals surface area contributed by atoms with E-state index in [4.69, 9.17) is 4.74 Å². The van der Waals surface area contributed by atoms with Crippen LogP contribution in [0.5, 0.6) is 0 Å². The van der Waals surface area contributed by atoms with Gasteiger partial charge in [-0.1, -0.05) is 18.2 Å². The SMILES string of the molecule is CNC(=O)[C@H]1O[C@@H](n2cnc3c(Nc4ccc(CCNC(=O)c5ccc6c(c5)C(C)(C)N([O])C6(C)C)cc4)ncnc32)[C@H](O)[C@@H]1O. The molecule has 4 heterocycles. The predicted octanol–water partition coefficient (Wildman–Crippen LogP) is 2.04. The van der Waals surface area contributed by atoms with Crippen molar-refractivity contribution >= 4 is 34.5 Å². The van der Waals surface area contributed by atoms with Gasteiger partial charge in [0.25, 0.3) is 11.8 Å². The average molecular weight is 630 g/mol. The number of likely N-dealkylation sites (N-methyl/N-ethyl adjacent to an activating group) is 1. The first-order valence-electron chi connectivity index (χ1n) is 15.0. The zero-order valence-electron chi connectivity index (χ0n) is 26.2. The number of carbonyl (C=O) groups excluding carboxylic acids is 2. The molecule has 2 aliphatic rings. The normalized spacial score (nSPS) is 23.3. The van der Waals surface area contributed by atoms with Crippen LogP contribution >= 0.6 is 0 Å². The van der Waals surface area contributed by atoms with E-state index >= 15 is 0 Å². The van der Waals surface area contributed by atoms with Crippen LogP contribution in [0, 0.1) is 0 Å². The molecule has 1 fully saturated rings. The van der Waals surface area contributed by atoms with E-state index in [1.807, 2.05) is 64.1 Å². The van der Waals surface area contributed by atoms with Crippen LogP contribution in [0.4, 0.5) is 11.5 Å². The van der Waals surface area contributed by atoms with Crippen LogP contribution in [0.2, 0.25) is 0 Å². The highest BCUT2D eigenvalue weighted by Crippen LogP contribution is 2.48. The number of ether oxygens (including phenoxy) is 1. The number of hydrogen-bond acceptors (Lipinski definition) is 10. The molecule has 2 aliphatic heterocycles. The molecule has 2 aromatic heterocycles. The van der Waals surface area contributed by atoms with Gasteiger partial charge in [-0.05, 0) is 75.1 Å². The lowest BCUT2D eigenvalue weighted by molar-refractivity contribution is -0.266. The Bertz CT molecular complexity index is 1790. The molecule has 5 N–H and O–H groups in total. The summed E-state index contributed by atoms with van der Waals surface area (Å²) in [6.07, 6.45) is -1.74. The number of amides is 2. The number of benzene rings is 2. The molecule has 4 aromatic rings. The Hall–Kier alpha value is -4.47. The molecule has 46 heavy (non-hydrogen) atoms. The molecule has 2 amide bonds. The molecule has 1 saturated heterocycles. The van der Waals surface area contributed by atoms with Crippen LogP contribution < -0.4 is 16.0 Å². The number of imidazole rings is 1. The van der Waals surface area contributed by atoms with E-state index in [9.17, 15) is 25.0 Å². The van der Waals surface area contributed by atoms with Gasteiger partial charge in [0.05, 0.1) is 17.4 Å². The fourth-order valence-corrected chi connectivity index (χ4v) is 6.33. The first kappa shape index (κ1) is 31.5. The number of rotatable bonds is 8. The largest absolute Gasteiger partial charge is 0.387 e. The van der Waals surface area contributed by atoms with Gasteiger partial charge in [-0.25, -0.2) is 15.0 Å². The van der Waals surface area contributed by atoms with Crippen molar-refractivity contribution < 1.29 is 29.7 Å². The lowest BCUT2D eigenvalue weighted by atomic mass is 9.89. The number of anilines is 2. The van der Waals surface area contributed by atoms with Gasteiger partial charge in [-0.2, -0.15) is 0 Å². The maximum absolute atomic E-state index is 12.9. The van der Waals surface area contributed by atoms with E-state index in [1.54, 1.807) is 6.07 Å². The van der Waals surface area contributed by atoms with E-state index < -0.39 is 41.5 Å². The lowest BCUT2D eigenvalue weighted by Gasteiger charge is -2.32. The molecular weight excluding hydrogens is 592 g/mol. The van der Waals surface area contributed by atoms with Crippen molar-refractivity contribution in [3.8, 4) is 0 Å². The van der Waals surface area contributed by atoms with E-state index in [-0.39, 0.29) is 5.91 Å². The highest BCUT2D eigenvalue weighted by atomic mass is 16.6. The Kier molecular flexibility index (Phi) is 8.02. The molecule has 1 radical (unpaired) electrons. The summed E-state index contributed by atoms with van der Waals surface area (Å²) >= 11 is 0. The number of hydroxylamine groups is 2. The summed E-state index contributed by atoms with van der Waals surface area (Å²) in [7, 11) is 1.42. The minimum absolute atomic E-state index is 0.194. The number of aromatic nitrogens is 4. The molecule has 0 saturated carbocycles. The molecule has 2 aromatic carbocycles. The molecule has 0 aliphatic carbocycles. The van der Waals surface area contributed by atoms with Crippen molar-refractivity contribution in [2.75, 3.05) is 18.9 Å². The minimum Gasteiger partial charge on any atom is -0.387 e. The second kappa shape index (κ2) is 11.7. The third kappa shape index (κ3) is 5.27. The summed E-state index contributed by atoms with van der Waals surface area (Å²) in [6, 6.07) is 13.1. The first-order chi connectivity index (χ1) is 21.8. The van der Waals surface area contributed by atoms with Crippen LogP contribution in [0.1, 0.15) is 61.0 Å². The van der Waals surface area contributed by atoms with Crippen molar-refractivity contribution in [3.05, 3.63) is 77.4 Å². The topological polar surface area (TPSA) is 187 Å². The molecule has 0 bridgehead atoms. The van der Waals surface area contributed by atoms with Crippen LogP contribution in [0.25, 0.3) is 11.2 Å². The number of hydrogen-bond donors (Lipinski definition) is 5. The number of nitrogens with zero attached hydrogens (tertiary/aromatic N) is 5. The molecule has 4 atom stereocenters. The Morgan fingerprint density at radius 1 is 0.957 bits per heavy atom. The maximum atomic E-state index is 12.9. The zero-order chi connectivity index (χ0) is 33.0. The monoisotopic (exact) mass is 629 g/mol. The van der Waals surface area contributed by atoms with Gasteiger partial charge < -0.3 is 30.9 Å². The summed E-state index contributed by atoms with van der Waals surface area (Å²) in [4.78, 5) is 38.0. The summed E-state index contributed by atoms with van der Waals surface area (Å²) < 4.78 is 7.12. The van der Waals surface area contributed by atoms with Gasteiger partial charge in [0.2, 0.25) is 0 Å². The molecule has 241 valence electrons. The summed E-state index contributed by atoms with van der Waals surface area (Å²) in [5, 5.41) is 43.5. The molecule has 14 heteroatoms. The van der Waals surface area contributed by atoms with Gasteiger partial charge in [-0.15, -0.1) is 10.3 Å². The molecule has 0 unspecified atom stereocenters. The van der Waals surface area contributed by atoms with Crippen molar-refractivity contribution in [1.29, 1.82) is 0 Å². The smallest absolute Gasteiger partial charge is 0.251 e. The summed E-state index contributed by atoms with van der Waals surface area (Å²) in [6.45, 7) is 7.97. The first-order valence-corrected chi connectivity index (χ1v) is 15.0. The lowest BCUT2D eigenvalue weighted by Crippen LogP contribution is -2.41. The Morgan fingerprint density at radius 3 is 2.39 bits per heavy atom. The Morgan fingerprint density at radius 2 is 1.67 bits per heavy atom. The number of aliphatic hydroxyl groups excluding tert-OH is 2. The number of nitrogens with one attached hydrogen (secondary N) is 3. The van der Waals surface area contributed by atoms with Gasteiger partial charge >= 0.3 is 0 Å². The number of aliphatic hydroxyl groups is 2. The van der Waals surface area contributed by atoms with E-state index in [0.29, 0.717) is 35.5 Å². The Balaban J connectivity index is 1.08. The van der Waals surface area contributed by atoms with Crippen molar-refractivity contribution in [2.45, 2.75) is 69.7 Å². The summed E-state index contributed by atoms with van der Waals surface area (Å²) in [5.74, 6) is -0.326. The molecular formula is C32H37N8O6. The fraction of sp³-hybridized carbons (Fsp3) is 0.406. The fourth-order valence-electron chi connectivity index (χ4n) is 6.33. The number of carbonyl (C=O) groups is 2. The average Bonchev–Trinajstić information content (AvgIpc) is 3.64. The van der Waals surface area contributed by atoms with Gasteiger partial charge in [-0.3, -0.25) is 14.2 Å². The van der Waals surface area contributed by atoms with Gasteiger partial charge in [0.15, 0.2) is 29.3 Å². The summed E-state index contributed by atoms with van der Waals surface area (Å²) in [5.41, 5.74) is 3.45. The zero-order valence-corrected chi connectivity index (χ0v) is 26.2. The Labute approximate surface area is 265 Å². The highest BCUT2D eigenvalue weighted by molar-refractivity contribution is 5.94. The molecule has 14 nitrogen and oxygen atoms in total. The minimum atomic E-state index is -1.42. The van der Waals surface area contributed by atoms with Crippen molar-refractivity contribution in [2.24, 2.45) is 0 Å². The van der Waals surface area contributed by atoms with E-state index in [2.05, 4.69) is 30.9 Å². The quantitative estimate of drug-likeness (QED) is 0.193. The predicted molar refractivity (Wildman–Crippen MR) is 166 cm³/mol. The standard InChI is InChI=1S/C32H37N8O6/c1-31(2)20-11-8-18(14-21(20)32(3,4)40(31)45)28(43)34-13-12-17-6-9-19(10-7-17)38-26-22-27(36-15-35-26)39(16-37-22)30-24(42)23(41)25(46-30)29(44)33-5/h6-11,14-16,23-25,30,41-42H,12-13H2,1-5H3,(H,33,44)(H,34,43)(H,35,36,38)/t23-,24+,25-,30+/m0/s1. The highest BCUT2D eigenvalue weighted by Gasteiger charge is 2.50. The van der Waals surface area contributed by atoms with Crippen molar-refractivity contribution in [3.63, 3.8) is 0 Å². The van der Waals surface area contributed by atoms with E-state index in [1.165, 1.54) is 24.3 Å². The van der Waals surface area contributed by atoms with Crippen LogP contribution in [-0.4, -0.2) is 78.5 Å². The molecule has 6 rings (SSSR count). The van der Waals surface area contributed by atoms with Gasteiger partial charge in [0, 0.05) is 24.8 Å². The third-order valence-electron chi connectivity index (χ3n) is 8.91. The van der Waals surface area contributed by atoms with Crippen LogP contribution in [-0.2, 0) is 32.2 Å². The third-order valence-corrected chi connectivity index (χ3v) is 8.91. The number of fused-ring (bicyclic) bond motifs is 2. The maximum Gasteiger partial charge on any atom is 0.251 e. The van der Waals surface area contributed by atoms with Crippen molar-refractivity contribution in [1.82, 2.24) is 35.2 Å².